The van der Waals surface area contributed by atoms with Crippen LogP contribution in [0.2, 0.25) is 0 Å². The van der Waals surface area contributed by atoms with Gasteiger partial charge in [0.15, 0.2) is 0 Å². The van der Waals surface area contributed by atoms with Crippen molar-refractivity contribution in [1.82, 2.24) is 0 Å². The lowest BCUT2D eigenvalue weighted by atomic mass is 9.99. The largest absolute Gasteiger partial charge is 0.493 e. The summed E-state index contributed by atoms with van der Waals surface area (Å²) < 4.78 is 43.7. The number of benzene rings is 2. The van der Waals surface area contributed by atoms with E-state index in [9.17, 15) is 13.2 Å². The molecule has 0 bridgehead atoms. The molecule has 21 heavy (non-hydrogen) atoms. The Kier molecular flexibility index (Phi) is 3.57. The van der Waals surface area contributed by atoms with E-state index in [2.05, 4.69) is 0 Å². The molecule has 0 N–H and O–H groups in total. The number of halogens is 4. The predicted molar refractivity (Wildman–Crippen MR) is 74.8 cm³/mol. The van der Waals surface area contributed by atoms with Crippen LogP contribution in [0.15, 0.2) is 42.5 Å². The van der Waals surface area contributed by atoms with Crippen LogP contribution < -0.4 is 4.74 Å². The zero-order valence-electron chi connectivity index (χ0n) is 11.0. The second-order valence-electron chi connectivity index (χ2n) is 4.95. The van der Waals surface area contributed by atoms with Crippen LogP contribution in [0.3, 0.4) is 0 Å². The van der Waals surface area contributed by atoms with Gasteiger partial charge < -0.3 is 4.74 Å². The normalized spacial score (nSPS) is 15.4. The maximum absolute atomic E-state index is 12.8. The van der Waals surface area contributed by atoms with Crippen LogP contribution >= 0.6 is 11.6 Å². The molecular formula is C16H12ClF3O. The fourth-order valence-corrected chi connectivity index (χ4v) is 2.70. The van der Waals surface area contributed by atoms with Gasteiger partial charge in [-0.3, -0.25) is 0 Å². The van der Waals surface area contributed by atoms with Crippen LogP contribution in [0.5, 0.6) is 5.75 Å². The highest BCUT2D eigenvalue weighted by atomic mass is 35.5. The number of ether oxygens (including phenoxy) is 1. The van der Waals surface area contributed by atoms with Crippen molar-refractivity contribution in [2.75, 3.05) is 6.61 Å². The van der Waals surface area contributed by atoms with Gasteiger partial charge in [0.2, 0.25) is 0 Å². The van der Waals surface area contributed by atoms with Gasteiger partial charge >= 0.3 is 6.18 Å². The maximum atomic E-state index is 12.8. The van der Waals surface area contributed by atoms with Crippen molar-refractivity contribution in [3.05, 3.63) is 64.7 Å². The zero-order valence-corrected chi connectivity index (χ0v) is 11.7. The molecule has 1 nitrogen and oxygen atoms in total. The minimum absolute atomic E-state index is 0.436. The number of hydrogen-bond acceptors (Lipinski definition) is 1. The molecule has 1 aliphatic heterocycles. The van der Waals surface area contributed by atoms with Gasteiger partial charge in [-0.15, -0.1) is 11.6 Å². The third kappa shape index (κ3) is 2.86. The van der Waals surface area contributed by atoms with Crippen molar-refractivity contribution < 1.29 is 17.9 Å². The van der Waals surface area contributed by atoms with E-state index in [1.54, 1.807) is 12.1 Å². The van der Waals surface area contributed by atoms with Gasteiger partial charge in [0.25, 0.3) is 0 Å². The molecule has 0 aliphatic carbocycles. The van der Waals surface area contributed by atoms with Crippen LogP contribution in [0.4, 0.5) is 13.2 Å². The first-order valence-corrected chi connectivity index (χ1v) is 6.95. The average molecular weight is 313 g/mol. The van der Waals surface area contributed by atoms with Gasteiger partial charge in [0.05, 0.1) is 17.5 Å². The summed E-state index contributed by atoms with van der Waals surface area (Å²) in [6.07, 6.45) is -3.56. The second kappa shape index (κ2) is 5.26. The molecule has 3 rings (SSSR count). The first-order valence-electron chi connectivity index (χ1n) is 6.52. The summed E-state index contributed by atoms with van der Waals surface area (Å²) in [5.74, 6) is 0.826. The van der Waals surface area contributed by atoms with Crippen LogP contribution in [-0.2, 0) is 12.6 Å². The summed E-state index contributed by atoms with van der Waals surface area (Å²) in [7, 11) is 0. The van der Waals surface area contributed by atoms with Crippen molar-refractivity contribution in [2.45, 2.75) is 18.0 Å². The minimum atomic E-state index is -4.36. The summed E-state index contributed by atoms with van der Waals surface area (Å²) >= 11 is 6.35. The zero-order chi connectivity index (χ0) is 15.0. The Morgan fingerprint density at radius 1 is 1.05 bits per heavy atom. The van der Waals surface area contributed by atoms with E-state index in [1.165, 1.54) is 6.07 Å². The van der Waals surface area contributed by atoms with E-state index in [-0.39, 0.29) is 0 Å². The first kappa shape index (κ1) is 14.3. The standard InChI is InChI=1S/C16H12ClF3O/c17-15(11-2-1-3-13(9-11)16(18,19)20)12-4-5-14-10(8-12)6-7-21-14/h1-5,8-9,15H,6-7H2. The summed E-state index contributed by atoms with van der Waals surface area (Å²) in [4.78, 5) is 0. The lowest BCUT2D eigenvalue weighted by Crippen LogP contribution is -2.06. The smallest absolute Gasteiger partial charge is 0.416 e. The van der Waals surface area contributed by atoms with Crippen molar-refractivity contribution in [3.63, 3.8) is 0 Å². The fourth-order valence-electron chi connectivity index (χ4n) is 2.43. The summed E-state index contributed by atoms with van der Waals surface area (Å²) in [5.41, 5.74) is 1.57. The van der Waals surface area contributed by atoms with E-state index in [0.717, 1.165) is 35.4 Å². The predicted octanol–water partition coefficient (Wildman–Crippen LogP) is 4.97. The fraction of sp³-hybridized carbons (Fsp3) is 0.250. The molecular weight excluding hydrogens is 301 g/mol. The molecule has 0 fully saturated rings. The topological polar surface area (TPSA) is 9.23 Å². The molecule has 0 amide bonds. The Morgan fingerprint density at radius 3 is 2.57 bits per heavy atom. The summed E-state index contributed by atoms with van der Waals surface area (Å²) in [6, 6.07) is 10.6. The summed E-state index contributed by atoms with van der Waals surface area (Å²) in [5, 5.41) is -0.613. The molecule has 1 heterocycles. The van der Waals surface area contributed by atoms with Crippen LogP contribution in [0, 0.1) is 0 Å². The highest BCUT2D eigenvalue weighted by Crippen LogP contribution is 2.36. The molecule has 1 unspecified atom stereocenters. The Bertz CT molecular complexity index is 667. The number of hydrogen-bond donors (Lipinski definition) is 0. The highest BCUT2D eigenvalue weighted by molar-refractivity contribution is 6.22. The average Bonchev–Trinajstić information content (AvgIpc) is 2.93. The number of alkyl halides is 4. The second-order valence-corrected chi connectivity index (χ2v) is 5.39. The maximum Gasteiger partial charge on any atom is 0.416 e. The Hall–Kier alpha value is -1.68. The molecule has 2 aromatic rings. The van der Waals surface area contributed by atoms with Gasteiger partial charge in [0.1, 0.15) is 5.75 Å². The molecule has 2 aromatic carbocycles. The van der Waals surface area contributed by atoms with Crippen LogP contribution in [-0.4, -0.2) is 6.61 Å². The van der Waals surface area contributed by atoms with Gasteiger partial charge in [-0.2, -0.15) is 13.2 Å². The monoisotopic (exact) mass is 312 g/mol. The van der Waals surface area contributed by atoms with E-state index in [0.29, 0.717) is 12.2 Å². The van der Waals surface area contributed by atoms with E-state index in [4.69, 9.17) is 16.3 Å². The van der Waals surface area contributed by atoms with Crippen LogP contribution in [0.1, 0.15) is 27.6 Å². The molecule has 1 atom stereocenters. The van der Waals surface area contributed by atoms with Crippen molar-refractivity contribution in [1.29, 1.82) is 0 Å². The Labute approximate surface area is 125 Å². The molecule has 110 valence electrons. The van der Waals surface area contributed by atoms with Crippen molar-refractivity contribution in [3.8, 4) is 5.75 Å². The van der Waals surface area contributed by atoms with Crippen molar-refractivity contribution >= 4 is 11.6 Å². The molecule has 0 spiro atoms. The van der Waals surface area contributed by atoms with E-state index in [1.807, 2.05) is 12.1 Å². The van der Waals surface area contributed by atoms with Crippen molar-refractivity contribution in [2.24, 2.45) is 0 Å². The lowest BCUT2D eigenvalue weighted by Gasteiger charge is -2.14. The minimum Gasteiger partial charge on any atom is -0.493 e. The van der Waals surface area contributed by atoms with Gasteiger partial charge in [-0.25, -0.2) is 0 Å². The van der Waals surface area contributed by atoms with Crippen LogP contribution in [0.25, 0.3) is 0 Å². The molecule has 0 saturated carbocycles. The van der Waals surface area contributed by atoms with Gasteiger partial charge in [0, 0.05) is 6.42 Å². The van der Waals surface area contributed by atoms with E-state index >= 15 is 0 Å². The van der Waals surface area contributed by atoms with E-state index < -0.39 is 17.1 Å². The third-order valence-corrected chi connectivity index (χ3v) is 4.02. The lowest BCUT2D eigenvalue weighted by molar-refractivity contribution is -0.137. The summed E-state index contributed by atoms with van der Waals surface area (Å²) in [6.45, 7) is 0.634. The number of rotatable bonds is 2. The SMILES string of the molecule is FC(F)(F)c1cccc(C(Cl)c2ccc3c(c2)CCO3)c1. The third-order valence-electron chi connectivity index (χ3n) is 3.51. The Morgan fingerprint density at radius 2 is 1.81 bits per heavy atom. The quantitative estimate of drug-likeness (QED) is 0.711. The highest BCUT2D eigenvalue weighted by Gasteiger charge is 2.31. The molecule has 0 saturated heterocycles. The van der Waals surface area contributed by atoms with Gasteiger partial charge in [-0.05, 0) is 34.9 Å². The Balaban J connectivity index is 1.93. The molecule has 1 aliphatic rings. The molecule has 0 aromatic heterocycles. The number of fused-ring (bicyclic) bond motifs is 1. The molecule has 5 heteroatoms. The first-order chi connectivity index (χ1) is 9.95. The van der Waals surface area contributed by atoms with Gasteiger partial charge in [-0.1, -0.05) is 24.3 Å². The molecule has 0 radical (unpaired) electrons.